The molecular weight excluding hydrogens is 300 g/mol. The van der Waals surface area contributed by atoms with E-state index in [0.29, 0.717) is 6.54 Å². The third-order valence-electron chi connectivity index (χ3n) is 4.59. The van der Waals surface area contributed by atoms with Crippen LogP contribution in [0.4, 0.5) is 4.79 Å². The maximum Gasteiger partial charge on any atom is 0.325 e. The molecule has 2 aromatic carbocycles. The van der Waals surface area contributed by atoms with Crippen molar-refractivity contribution >= 4 is 11.9 Å². The van der Waals surface area contributed by atoms with E-state index in [9.17, 15) is 9.59 Å². The normalized spacial score (nSPS) is 20.3. The van der Waals surface area contributed by atoms with Crippen LogP contribution in [0.3, 0.4) is 0 Å². The molecule has 4 nitrogen and oxygen atoms in total. The fraction of sp³-hybridized carbons (Fsp3) is 0.300. The van der Waals surface area contributed by atoms with Gasteiger partial charge in [0.2, 0.25) is 0 Å². The van der Waals surface area contributed by atoms with E-state index >= 15 is 0 Å². The second-order valence-electron chi connectivity index (χ2n) is 6.47. The number of imide groups is 1. The van der Waals surface area contributed by atoms with Gasteiger partial charge in [-0.3, -0.25) is 9.69 Å². The largest absolute Gasteiger partial charge is 0.325 e. The summed E-state index contributed by atoms with van der Waals surface area (Å²) in [4.78, 5) is 26.4. The van der Waals surface area contributed by atoms with Crippen LogP contribution in [-0.2, 0) is 16.8 Å². The van der Waals surface area contributed by atoms with Crippen LogP contribution in [0.5, 0.6) is 0 Å². The fourth-order valence-electron chi connectivity index (χ4n) is 3.07. The molecule has 0 aromatic heterocycles. The zero-order valence-corrected chi connectivity index (χ0v) is 14.1. The zero-order chi connectivity index (χ0) is 17.2. The first-order valence-electron chi connectivity index (χ1n) is 8.26. The van der Waals surface area contributed by atoms with E-state index in [4.69, 9.17) is 0 Å². The van der Waals surface area contributed by atoms with Gasteiger partial charge in [-0.05, 0) is 37.8 Å². The quantitative estimate of drug-likeness (QED) is 0.858. The maximum atomic E-state index is 12.8. The number of nitrogens with one attached hydrogen (secondary N) is 1. The van der Waals surface area contributed by atoms with E-state index in [1.807, 2.05) is 49.4 Å². The molecule has 24 heavy (non-hydrogen) atoms. The van der Waals surface area contributed by atoms with Crippen molar-refractivity contribution in [2.24, 2.45) is 0 Å². The summed E-state index contributed by atoms with van der Waals surface area (Å²) in [7, 11) is 0. The van der Waals surface area contributed by atoms with Crippen LogP contribution < -0.4 is 5.32 Å². The first kappa shape index (κ1) is 16.2. The van der Waals surface area contributed by atoms with Crippen LogP contribution in [-0.4, -0.2) is 23.4 Å². The zero-order valence-electron chi connectivity index (χ0n) is 14.1. The molecule has 1 heterocycles. The molecule has 3 rings (SSSR count). The average Bonchev–Trinajstić information content (AvgIpc) is 2.80. The second kappa shape index (κ2) is 6.48. The summed E-state index contributed by atoms with van der Waals surface area (Å²) in [6, 6.07) is 17.5. The van der Waals surface area contributed by atoms with Crippen LogP contribution >= 0.6 is 0 Å². The van der Waals surface area contributed by atoms with Crippen LogP contribution in [0.2, 0.25) is 0 Å². The Balaban J connectivity index is 1.68. The van der Waals surface area contributed by atoms with Crippen molar-refractivity contribution < 1.29 is 9.59 Å². The maximum absolute atomic E-state index is 12.8. The van der Waals surface area contributed by atoms with Crippen molar-refractivity contribution in [3.8, 4) is 0 Å². The molecule has 1 saturated heterocycles. The van der Waals surface area contributed by atoms with Crippen molar-refractivity contribution in [1.82, 2.24) is 10.2 Å². The van der Waals surface area contributed by atoms with Gasteiger partial charge in [-0.25, -0.2) is 4.79 Å². The van der Waals surface area contributed by atoms with E-state index in [-0.39, 0.29) is 11.9 Å². The van der Waals surface area contributed by atoms with E-state index in [1.54, 1.807) is 6.92 Å². The van der Waals surface area contributed by atoms with Gasteiger partial charge < -0.3 is 5.32 Å². The Bertz CT molecular complexity index is 740. The molecule has 4 heteroatoms. The molecule has 1 aliphatic heterocycles. The number of carbonyl (C=O) groups is 2. The Morgan fingerprint density at radius 3 is 2.33 bits per heavy atom. The Kier molecular flexibility index (Phi) is 4.38. The lowest BCUT2D eigenvalue weighted by atomic mass is 9.91. The fourth-order valence-corrected chi connectivity index (χ4v) is 3.07. The minimum absolute atomic E-state index is 0.176. The Hall–Kier alpha value is -2.62. The number of benzene rings is 2. The molecule has 2 aromatic rings. The van der Waals surface area contributed by atoms with E-state index < -0.39 is 5.54 Å². The predicted octanol–water partition coefficient (Wildman–Crippen LogP) is 3.39. The highest BCUT2D eigenvalue weighted by Gasteiger charge is 2.48. The van der Waals surface area contributed by atoms with Crippen molar-refractivity contribution in [3.05, 3.63) is 71.3 Å². The van der Waals surface area contributed by atoms with Gasteiger partial charge in [-0.2, -0.15) is 0 Å². The van der Waals surface area contributed by atoms with E-state index in [0.717, 1.165) is 24.0 Å². The summed E-state index contributed by atoms with van der Waals surface area (Å²) in [5, 5.41) is 2.85. The number of hydrogen-bond donors (Lipinski definition) is 1. The summed E-state index contributed by atoms with van der Waals surface area (Å²) in [5.41, 5.74) is 2.18. The molecule has 0 unspecified atom stereocenters. The van der Waals surface area contributed by atoms with Gasteiger partial charge >= 0.3 is 6.03 Å². The number of amides is 3. The molecule has 1 N–H and O–H groups in total. The molecule has 3 amide bonds. The first-order valence-corrected chi connectivity index (χ1v) is 8.26. The minimum Gasteiger partial charge on any atom is -0.319 e. The summed E-state index contributed by atoms with van der Waals surface area (Å²) >= 11 is 0. The Morgan fingerprint density at radius 2 is 1.67 bits per heavy atom. The SMILES string of the molecule is Cc1ccc([C@]2(C)NC(=O)N(CCCc3ccccc3)C2=O)cc1. The van der Waals surface area contributed by atoms with Crippen LogP contribution in [0.1, 0.15) is 30.0 Å². The van der Waals surface area contributed by atoms with Crippen molar-refractivity contribution in [1.29, 1.82) is 0 Å². The van der Waals surface area contributed by atoms with Gasteiger partial charge in [0.25, 0.3) is 5.91 Å². The summed E-state index contributed by atoms with van der Waals surface area (Å²) in [5.74, 6) is -0.176. The number of urea groups is 1. The molecule has 1 fully saturated rings. The standard InChI is InChI=1S/C20H22N2O2/c1-15-10-12-17(13-11-15)20(2)18(23)22(19(24)21-20)14-6-9-16-7-4-3-5-8-16/h3-5,7-8,10-13H,6,9,14H2,1-2H3,(H,21,24)/t20-/m0/s1. The Labute approximate surface area is 142 Å². The smallest absolute Gasteiger partial charge is 0.319 e. The Morgan fingerprint density at radius 1 is 1.00 bits per heavy atom. The lowest BCUT2D eigenvalue weighted by Crippen LogP contribution is -2.41. The van der Waals surface area contributed by atoms with Gasteiger partial charge in [0.15, 0.2) is 0 Å². The second-order valence-corrected chi connectivity index (χ2v) is 6.47. The molecule has 124 valence electrons. The van der Waals surface area contributed by atoms with Crippen molar-refractivity contribution in [3.63, 3.8) is 0 Å². The van der Waals surface area contributed by atoms with Crippen molar-refractivity contribution in [2.45, 2.75) is 32.2 Å². The highest BCUT2D eigenvalue weighted by atomic mass is 16.2. The van der Waals surface area contributed by atoms with Gasteiger partial charge in [-0.15, -0.1) is 0 Å². The highest BCUT2D eigenvalue weighted by Crippen LogP contribution is 2.29. The van der Waals surface area contributed by atoms with Gasteiger partial charge in [0.05, 0.1) is 0 Å². The number of nitrogens with zero attached hydrogens (tertiary/aromatic N) is 1. The van der Waals surface area contributed by atoms with E-state index in [2.05, 4.69) is 17.4 Å². The van der Waals surface area contributed by atoms with Gasteiger partial charge in [0.1, 0.15) is 5.54 Å². The number of carbonyl (C=O) groups excluding carboxylic acids is 2. The average molecular weight is 322 g/mol. The van der Waals surface area contributed by atoms with Crippen LogP contribution in [0.25, 0.3) is 0 Å². The van der Waals surface area contributed by atoms with Crippen molar-refractivity contribution in [2.75, 3.05) is 6.54 Å². The van der Waals surface area contributed by atoms with Gasteiger partial charge in [0, 0.05) is 6.54 Å². The lowest BCUT2D eigenvalue weighted by molar-refractivity contribution is -0.131. The molecule has 1 aliphatic rings. The molecular formula is C20H22N2O2. The molecule has 0 aliphatic carbocycles. The topological polar surface area (TPSA) is 49.4 Å². The minimum atomic E-state index is -0.975. The monoisotopic (exact) mass is 322 g/mol. The summed E-state index contributed by atoms with van der Waals surface area (Å²) in [6.45, 7) is 4.20. The highest BCUT2D eigenvalue weighted by molar-refractivity contribution is 6.07. The lowest BCUT2D eigenvalue weighted by Gasteiger charge is -2.22. The predicted molar refractivity (Wildman–Crippen MR) is 93.5 cm³/mol. The van der Waals surface area contributed by atoms with Gasteiger partial charge in [-0.1, -0.05) is 60.2 Å². The number of hydrogen-bond acceptors (Lipinski definition) is 2. The summed E-state index contributed by atoms with van der Waals surface area (Å²) < 4.78 is 0. The molecule has 0 radical (unpaired) electrons. The molecule has 0 bridgehead atoms. The third kappa shape index (κ3) is 3.04. The number of aryl methyl sites for hydroxylation is 2. The molecule has 0 saturated carbocycles. The third-order valence-corrected chi connectivity index (χ3v) is 4.59. The van der Waals surface area contributed by atoms with Crippen LogP contribution in [0.15, 0.2) is 54.6 Å². The summed E-state index contributed by atoms with van der Waals surface area (Å²) in [6.07, 6.45) is 1.60. The first-order chi connectivity index (χ1) is 11.5. The number of rotatable bonds is 5. The molecule has 1 atom stereocenters. The van der Waals surface area contributed by atoms with E-state index in [1.165, 1.54) is 10.5 Å². The molecule has 0 spiro atoms. The van der Waals surface area contributed by atoms with Crippen LogP contribution in [0, 0.1) is 6.92 Å².